The molecule has 17 heavy (non-hydrogen) atoms. The zero-order valence-electron chi connectivity index (χ0n) is 9.58. The van der Waals surface area contributed by atoms with Crippen LogP contribution in [0.2, 0.25) is 0 Å². The van der Waals surface area contributed by atoms with Crippen molar-refractivity contribution in [1.29, 1.82) is 0 Å². The summed E-state index contributed by atoms with van der Waals surface area (Å²) < 4.78 is 0. The Morgan fingerprint density at radius 2 is 2.06 bits per heavy atom. The summed E-state index contributed by atoms with van der Waals surface area (Å²) in [6.45, 7) is 1.68. The van der Waals surface area contributed by atoms with E-state index in [9.17, 15) is 10.2 Å². The lowest BCUT2D eigenvalue weighted by molar-refractivity contribution is -0.0738. The van der Waals surface area contributed by atoms with E-state index in [2.05, 4.69) is 5.16 Å². The van der Waals surface area contributed by atoms with Crippen molar-refractivity contribution in [2.24, 2.45) is 11.1 Å². The Labute approximate surface area is 99.5 Å². The third kappa shape index (κ3) is 1.56. The second-order valence-corrected chi connectivity index (χ2v) is 5.02. The van der Waals surface area contributed by atoms with Crippen LogP contribution in [0.1, 0.15) is 18.9 Å². The number of oxime groups is 1. The van der Waals surface area contributed by atoms with Gasteiger partial charge in [0.15, 0.2) is 6.10 Å². The first-order chi connectivity index (χ1) is 8.09. The van der Waals surface area contributed by atoms with Gasteiger partial charge in [-0.3, -0.25) is 0 Å². The summed E-state index contributed by atoms with van der Waals surface area (Å²) >= 11 is 0. The fraction of sp³-hybridized carbons (Fsp3) is 0.462. The lowest BCUT2D eigenvalue weighted by Crippen LogP contribution is -2.37. The van der Waals surface area contributed by atoms with Crippen LogP contribution in [-0.2, 0) is 4.84 Å². The van der Waals surface area contributed by atoms with E-state index >= 15 is 0 Å². The van der Waals surface area contributed by atoms with Gasteiger partial charge in [0.25, 0.3) is 0 Å². The van der Waals surface area contributed by atoms with Crippen LogP contribution in [0, 0.1) is 5.92 Å². The van der Waals surface area contributed by atoms with E-state index in [1.54, 1.807) is 6.92 Å². The SMILES string of the molecule is C[C@]1(O)C[C@@H](O)[C@H]2C(c3ccccc3)=NO[C@H]21. The van der Waals surface area contributed by atoms with E-state index < -0.39 is 17.8 Å². The smallest absolute Gasteiger partial charge is 0.166 e. The van der Waals surface area contributed by atoms with Crippen LogP contribution in [0.5, 0.6) is 0 Å². The zero-order chi connectivity index (χ0) is 12.0. The predicted octanol–water partition coefficient (Wildman–Crippen LogP) is 0.921. The van der Waals surface area contributed by atoms with Gasteiger partial charge in [-0.25, -0.2) is 0 Å². The van der Waals surface area contributed by atoms with E-state index in [1.807, 2.05) is 30.3 Å². The Balaban J connectivity index is 1.96. The topological polar surface area (TPSA) is 62.0 Å². The molecular weight excluding hydrogens is 218 g/mol. The molecule has 1 aromatic rings. The van der Waals surface area contributed by atoms with Gasteiger partial charge in [0.05, 0.1) is 17.7 Å². The monoisotopic (exact) mass is 233 g/mol. The van der Waals surface area contributed by atoms with Gasteiger partial charge < -0.3 is 15.1 Å². The highest BCUT2D eigenvalue weighted by Gasteiger charge is 2.56. The Kier molecular flexibility index (Phi) is 2.24. The first-order valence-corrected chi connectivity index (χ1v) is 5.79. The van der Waals surface area contributed by atoms with E-state index in [0.717, 1.165) is 11.3 Å². The van der Waals surface area contributed by atoms with Crippen LogP contribution >= 0.6 is 0 Å². The van der Waals surface area contributed by atoms with Crippen LogP contribution in [-0.4, -0.2) is 33.7 Å². The molecule has 1 aliphatic heterocycles. The number of hydrogen-bond donors (Lipinski definition) is 2. The van der Waals surface area contributed by atoms with Gasteiger partial charge in [-0.2, -0.15) is 0 Å². The van der Waals surface area contributed by atoms with Gasteiger partial charge in [0, 0.05) is 6.42 Å². The molecule has 1 aromatic carbocycles. The fourth-order valence-electron chi connectivity index (χ4n) is 2.79. The van der Waals surface area contributed by atoms with Crippen molar-refractivity contribution in [3.05, 3.63) is 35.9 Å². The molecule has 0 saturated heterocycles. The van der Waals surface area contributed by atoms with Crippen molar-refractivity contribution in [2.75, 3.05) is 0 Å². The highest BCUT2D eigenvalue weighted by Crippen LogP contribution is 2.42. The number of benzene rings is 1. The predicted molar refractivity (Wildman–Crippen MR) is 62.6 cm³/mol. The summed E-state index contributed by atoms with van der Waals surface area (Å²) in [6.07, 6.45) is -0.710. The molecule has 1 aliphatic carbocycles. The summed E-state index contributed by atoms with van der Waals surface area (Å²) in [4.78, 5) is 5.31. The van der Waals surface area contributed by atoms with Gasteiger partial charge in [-0.1, -0.05) is 35.5 Å². The lowest BCUT2D eigenvalue weighted by Gasteiger charge is -2.21. The van der Waals surface area contributed by atoms with E-state index in [1.165, 1.54) is 0 Å². The summed E-state index contributed by atoms with van der Waals surface area (Å²) in [5, 5.41) is 24.2. The zero-order valence-corrected chi connectivity index (χ0v) is 9.58. The third-order valence-corrected chi connectivity index (χ3v) is 3.63. The number of fused-ring (bicyclic) bond motifs is 1. The van der Waals surface area contributed by atoms with Gasteiger partial charge >= 0.3 is 0 Å². The molecule has 4 nitrogen and oxygen atoms in total. The fourth-order valence-corrected chi connectivity index (χ4v) is 2.79. The summed E-state index contributed by atoms with van der Waals surface area (Å²) in [5.74, 6) is -0.229. The van der Waals surface area contributed by atoms with Gasteiger partial charge in [-0.05, 0) is 12.5 Å². The Morgan fingerprint density at radius 1 is 1.35 bits per heavy atom. The van der Waals surface area contributed by atoms with Gasteiger partial charge in [-0.15, -0.1) is 0 Å². The maximum atomic E-state index is 10.1. The average Bonchev–Trinajstić information content (AvgIpc) is 2.82. The molecule has 1 saturated carbocycles. The van der Waals surface area contributed by atoms with Gasteiger partial charge in [0.1, 0.15) is 5.60 Å². The highest BCUT2D eigenvalue weighted by molar-refractivity contribution is 6.03. The van der Waals surface area contributed by atoms with Crippen molar-refractivity contribution in [3.8, 4) is 0 Å². The molecule has 0 amide bonds. The third-order valence-electron chi connectivity index (χ3n) is 3.63. The molecule has 4 heteroatoms. The minimum Gasteiger partial charge on any atom is -0.392 e. The van der Waals surface area contributed by atoms with E-state index in [4.69, 9.17) is 4.84 Å². The number of aliphatic hydroxyl groups excluding tert-OH is 1. The van der Waals surface area contributed by atoms with E-state index in [-0.39, 0.29) is 5.92 Å². The molecule has 0 unspecified atom stereocenters. The van der Waals surface area contributed by atoms with Crippen LogP contribution in [0.4, 0.5) is 0 Å². The van der Waals surface area contributed by atoms with E-state index in [0.29, 0.717) is 6.42 Å². The molecule has 0 bridgehead atoms. The minimum atomic E-state index is -1.01. The summed E-state index contributed by atoms with van der Waals surface area (Å²) in [6, 6.07) is 9.64. The maximum absolute atomic E-state index is 10.1. The normalized spacial score (nSPS) is 39.7. The van der Waals surface area contributed by atoms with Crippen LogP contribution in [0.3, 0.4) is 0 Å². The molecule has 0 radical (unpaired) electrons. The molecule has 90 valence electrons. The van der Waals surface area contributed by atoms with Crippen LogP contribution in [0.15, 0.2) is 35.5 Å². The van der Waals surface area contributed by atoms with Crippen LogP contribution in [0.25, 0.3) is 0 Å². The Bertz CT molecular complexity index is 455. The quantitative estimate of drug-likeness (QED) is 0.758. The van der Waals surface area contributed by atoms with Crippen molar-refractivity contribution in [2.45, 2.75) is 31.2 Å². The molecule has 4 atom stereocenters. The lowest BCUT2D eigenvalue weighted by atomic mass is 9.91. The molecular formula is C13H15NO3. The summed E-state index contributed by atoms with van der Waals surface area (Å²) in [5.41, 5.74) is 0.669. The molecule has 1 fully saturated rings. The Hall–Kier alpha value is -1.39. The maximum Gasteiger partial charge on any atom is 0.166 e. The first-order valence-electron chi connectivity index (χ1n) is 5.79. The van der Waals surface area contributed by atoms with Crippen molar-refractivity contribution < 1.29 is 15.1 Å². The van der Waals surface area contributed by atoms with Crippen molar-refractivity contribution >= 4 is 5.71 Å². The first kappa shape index (κ1) is 10.7. The number of aliphatic hydroxyl groups is 2. The average molecular weight is 233 g/mol. The highest BCUT2D eigenvalue weighted by atomic mass is 16.7. The Morgan fingerprint density at radius 3 is 2.76 bits per heavy atom. The number of rotatable bonds is 1. The van der Waals surface area contributed by atoms with Crippen molar-refractivity contribution in [1.82, 2.24) is 0 Å². The van der Waals surface area contributed by atoms with Gasteiger partial charge in [0.2, 0.25) is 0 Å². The molecule has 2 N–H and O–H groups in total. The number of nitrogens with zero attached hydrogens (tertiary/aromatic N) is 1. The van der Waals surface area contributed by atoms with Crippen LogP contribution < -0.4 is 0 Å². The standard InChI is InChI=1S/C13H15NO3/c1-13(16)7-9(15)10-11(14-17-12(10)13)8-5-3-2-4-6-8/h2-6,9-10,12,15-16H,7H2,1H3/t9-,10+,12-,13+/m1/s1. The second kappa shape index (κ2) is 3.55. The minimum absolute atomic E-state index is 0.229. The molecule has 3 rings (SSSR count). The largest absolute Gasteiger partial charge is 0.392 e. The molecule has 0 spiro atoms. The molecule has 0 aromatic heterocycles. The summed E-state index contributed by atoms with van der Waals surface area (Å²) in [7, 11) is 0. The van der Waals surface area contributed by atoms with Crippen molar-refractivity contribution in [3.63, 3.8) is 0 Å². The number of hydrogen-bond acceptors (Lipinski definition) is 4. The second-order valence-electron chi connectivity index (χ2n) is 5.02. The molecule has 1 heterocycles. The molecule has 2 aliphatic rings.